The van der Waals surface area contributed by atoms with E-state index in [0.29, 0.717) is 18.1 Å². The number of carbonyl (C=O) groups is 1. The summed E-state index contributed by atoms with van der Waals surface area (Å²) in [7, 11) is 0. The standard InChI is InChI=1S/C18H24O3/c1-13-16(19)11-15-12-17(13)20-21-18(15,2)10-6-9-14-7-4-3-5-8-14/h3-5,7-8,13,15,17H,6,9-12H2,1-2H3/t13-,15+,17+,18-/m0/s1. The van der Waals surface area contributed by atoms with Crippen molar-refractivity contribution in [2.75, 3.05) is 0 Å². The molecule has 0 aromatic heterocycles. The van der Waals surface area contributed by atoms with Gasteiger partial charge < -0.3 is 0 Å². The first kappa shape index (κ1) is 14.7. The van der Waals surface area contributed by atoms with E-state index in [9.17, 15) is 4.79 Å². The highest BCUT2D eigenvalue weighted by molar-refractivity contribution is 5.82. The zero-order valence-electron chi connectivity index (χ0n) is 12.9. The van der Waals surface area contributed by atoms with Gasteiger partial charge in [0.05, 0.1) is 0 Å². The van der Waals surface area contributed by atoms with Gasteiger partial charge in [-0.2, -0.15) is 0 Å². The molecule has 2 bridgehead atoms. The van der Waals surface area contributed by atoms with Crippen molar-refractivity contribution >= 4 is 5.78 Å². The number of fused-ring (bicyclic) bond motifs is 2. The van der Waals surface area contributed by atoms with E-state index in [1.165, 1.54) is 5.56 Å². The van der Waals surface area contributed by atoms with Crippen molar-refractivity contribution in [3.63, 3.8) is 0 Å². The van der Waals surface area contributed by atoms with Crippen molar-refractivity contribution in [3.8, 4) is 0 Å². The highest BCUT2D eigenvalue weighted by Crippen LogP contribution is 2.44. The SMILES string of the molecule is C[C@H]1C(=O)C[C@@H]2C[C@H]1OO[C@@]2(C)CCCc1ccccc1. The van der Waals surface area contributed by atoms with Crippen molar-refractivity contribution in [1.82, 2.24) is 0 Å². The van der Waals surface area contributed by atoms with Crippen LogP contribution in [0.2, 0.25) is 0 Å². The lowest BCUT2D eigenvalue weighted by atomic mass is 9.70. The van der Waals surface area contributed by atoms with Crippen molar-refractivity contribution < 1.29 is 14.6 Å². The van der Waals surface area contributed by atoms with Gasteiger partial charge in [-0.3, -0.25) is 4.79 Å². The summed E-state index contributed by atoms with van der Waals surface area (Å²) in [6, 6.07) is 10.5. The normalized spacial score (nSPS) is 35.7. The Morgan fingerprint density at radius 2 is 2.05 bits per heavy atom. The third kappa shape index (κ3) is 3.04. The van der Waals surface area contributed by atoms with Crippen molar-refractivity contribution in [1.29, 1.82) is 0 Å². The van der Waals surface area contributed by atoms with E-state index in [4.69, 9.17) is 9.78 Å². The van der Waals surface area contributed by atoms with Crippen LogP contribution in [0.15, 0.2) is 30.3 Å². The molecule has 0 amide bonds. The maximum absolute atomic E-state index is 12.1. The number of carbonyl (C=O) groups excluding carboxylic acids is 1. The number of hydrogen-bond donors (Lipinski definition) is 0. The number of Topliss-reactive ketones (excluding diaryl/α,β-unsaturated/α-hetero) is 1. The lowest BCUT2D eigenvalue weighted by Crippen LogP contribution is -2.52. The monoisotopic (exact) mass is 288 g/mol. The van der Waals surface area contributed by atoms with Gasteiger partial charge in [0, 0.05) is 18.3 Å². The van der Waals surface area contributed by atoms with Crippen LogP contribution in [-0.4, -0.2) is 17.5 Å². The molecule has 1 aliphatic heterocycles. The number of benzene rings is 1. The molecular formula is C18H24O3. The summed E-state index contributed by atoms with van der Waals surface area (Å²) in [5.41, 5.74) is 1.03. The second-order valence-electron chi connectivity index (χ2n) is 6.76. The maximum Gasteiger partial charge on any atom is 0.138 e. The average molecular weight is 288 g/mol. The minimum atomic E-state index is -0.318. The van der Waals surface area contributed by atoms with Crippen LogP contribution < -0.4 is 0 Å². The van der Waals surface area contributed by atoms with Crippen LogP contribution in [0.1, 0.15) is 45.1 Å². The van der Waals surface area contributed by atoms with E-state index in [0.717, 1.165) is 25.7 Å². The van der Waals surface area contributed by atoms with Crippen LogP contribution in [0, 0.1) is 11.8 Å². The van der Waals surface area contributed by atoms with E-state index in [1.54, 1.807) is 0 Å². The van der Waals surface area contributed by atoms with Crippen LogP contribution in [0.5, 0.6) is 0 Å². The summed E-state index contributed by atoms with van der Waals surface area (Å²) < 4.78 is 0. The van der Waals surface area contributed by atoms with Gasteiger partial charge >= 0.3 is 0 Å². The molecule has 0 spiro atoms. The Balaban J connectivity index is 1.58. The Morgan fingerprint density at radius 3 is 2.81 bits per heavy atom. The molecule has 0 unspecified atom stereocenters. The van der Waals surface area contributed by atoms with Crippen molar-refractivity contribution in [2.45, 2.75) is 57.7 Å². The highest BCUT2D eigenvalue weighted by atomic mass is 17.2. The van der Waals surface area contributed by atoms with Crippen LogP contribution >= 0.6 is 0 Å². The third-order valence-electron chi connectivity index (χ3n) is 5.24. The lowest BCUT2D eigenvalue weighted by molar-refractivity contribution is -0.429. The largest absolute Gasteiger partial charge is 0.299 e. The molecule has 114 valence electrons. The first-order valence-corrected chi connectivity index (χ1v) is 7.99. The molecule has 0 N–H and O–H groups in total. The van der Waals surface area contributed by atoms with E-state index < -0.39 is 0 Å². The first-order valence-electron chi connectivity index (χ1n) is 7.99. The second-order valence-corrected chi connectivity index (χ2v) is 6.76. The molecule has 21 heavy (non-hydrogen) atoms. The summed E-state index contributed by atoms with van der Waals surface area (Å²) >= 11 is 0. The summed E-state index contributed by atoms with van der Waals surface area (Å²) in [6.45, 7) is 4.05. The highest BCUT2D eigenvalue weighted by Gasteiger charge is 2.49. The van der Waals surface area contributed by atoms with Gasteiger partial charge in [0.15, 0.2) is 0 Å². The molecule has 3 nitrogen and oxygen atoms in total. The Morgan fingerprint density at radius 1 is 1.29 bits per heavy atom. The smallest absolute Gasteiger partial charge is 0.138 e. The molecule has 1 aromatic rings. The number of hydrogen-bond acceptors (Lipinski definition) is 3. The average Bonchev–Trinajstić information content (AvgIpc) is 2.49. The molecule has 2 fully saturated rings. The van der Waals surface area contributed by atoms with E-state index in [-0.39, 0.29) is 17.6 Å². The topological polar surface area (TPSA) is 35.5 Å². The van der Waals surface area contributed by atoms with Crippen LogP contribution in [0.25, 0.3) is 0 Å². The van der Waals surface area contributed by atoms with Crippen molar-refractivity contribution in [3.05, 3.63) is 35.9 Å². The quantitative estimate of drug-likeness (QED) is 0.792. The van der Waals surface area contributed by atoms with Crippen LogP contribution in [0.3, 0.4) is 0 Å². The van der Waals surface area contributed by atoms with E-state index in [2.05, 4.69) is 31.2 Å². The minimum absolute atomic E-state index is 0.0184. The van der Waals surface area contributed by atoms with E-state index >= 15 is 0 Å². The Labute approximate surface area is 126 Å². The fraction of sp³-hybridized carbons (Fsp3) is 0.611. The predicted molar refractivity (Wildman–Crippen MR) is 80.6 cm³/mol. The molecule has 1 heterocycles. The molecule has 2 aliphatic rings. The summed E-state index contributed by atoms with van der Waals surface area (Å²) in [6.07, 6.45) is 4.58. The number of rotatable bonds is 4. The van der Waals surface area contributed by atoms with Gasteiger partial charge in [0.1, 0.15) is 17.5 Å². The molecule has 1 aliphatic carbocycles. The molecule has 3 rings (SSSR count). The zero-order valence-corrected chi connectivity index (χ0v) is 12.9. The fourth-order valence-electron chi connectivity index (χ4n) is 3.57. The Kier molecular flexibility index (Phi) is 4.14. The molecule has 4 atom stereocenters. The molecule has 1 saturated heterocycles. The van der Waals surface area contributed by atoms with Gasteiger partial charge in [-0.15, -0.1) is 0 Å². The van der Waals surface area contributed by atoms with Crippen LogP contribution in [-0.2, 0) is 21.0 Å². The zero-order chi connectivity index (χ0) is 14.9. The third-order valence-corrected chi connectivity index (χ3v) is 5.24. The molecule has 1 aromatic carbocycles. The number of aryl methyl sites for hydroxylation is 1. The molecule has 1 saturated carbocycles. The van der Waals surface area contributed by atoms with Crippen LogP contribution in [0.4, 0.5) is 0 Å². The molecular weight excluding hydrogens is 264 g/mol. The lowest BCUT2D eigenvalue weighted by Gasteiger charge is -2.47. The van der Waals surface area contributed by atoms with Gasteiger partial charge in [-0.25, -0.2) is 9.78 Å². The number of ketones is 1. The molecule has 3 heteroatoms. The van der Waals surface area contributed by atoms with Crippen molar-refractivity contribution in [2.24, 2.45) is 11.8 Å². The Bertz CT molecular complexity index is 498. The van der Waals surface area contributed by atoms with Gasteiger partial charge in [-0.05, 0) is 38.2 Å². The van der Waals surface area contributed by atoms with Gasteiger partial charge in [0.25, 0.3) is 0 Å². The second kappa shape index (κ2) is 5.90. The summed E-state index contributed by atoms with van der Waals surface area (Å²) in [5.74, 6) is 0.611. The fourth-order valence-corrected chi connectivity index (χ4v) is 3.57. The summed E-state index contributed by atoms with van der Waals surface area (Å²) in [5, 5.41) is 0. The van der Waals surface area contributed by atoms with Gasteiger partial charge in [-0.1, -0.05) is 37.3 Å². The predicted octanol–water partition coefficient (Wildman–Crippen LogP) is 3.71. The molecule has 0 radical (unpaired) electrons. The van der Waals surface area contributed by atoms with E-state index in [1.807, 2.05) is 13.0 Å². The Hall–Kier alpha value is -1.19. The minimum Gasteiger partial charge on any atom is -0.299 e. The maximum atomic E-state index is 12.1. The summed E-state index contributed by atoms with van der Waals surface area (Å²) in [4.78, 5) is 23.3. The first-order chi connectivity index (χ1) is 10.1. The van der Waals surface area contributed by atoms with Gasteiger partial charge in [0.2, 0.25) is 0 Å².